The van der Waals surface area contributed by atoms with E-state index in [0.29, 0.717) is 11.1 Å². The fourth-order valence-electron chi connectivity index (χ4n) is 2.05. The van der Waals surface area contributed by atoms with Crippen LogP contribution in [0.15, 0.2) is 29.3 Å². The van der Waals surface area contributed by atoms with Crippen LogP contribution in [0.5, 0.6) is 0 Å². The Hall–Kier alpha value is -1.27. The smallest absolute Gasteiger partial charge is 0.262 e. The van der Waals surface area contributed by atoms with Crippen molar-refractivity contribution >= 4 is 41.2 Å². The van der Waals surface area contributed by atoms with Gasteiger partial charge in [0.1, 0.15) is 10.4 Å². The van der Waals surface area contributed by atoms with Gasteiger partial charge in [-0.1, -0.05) is 12.1 Å². The molecule has 0 spiro atoms. The third kappa shape index (κ3) is 1.67. The first-order valence-corrected chi connectivity index (χ1v) is 7.02. The first kappa shape index (κ1) is 11.8. The highest BCUT2D eigenvalue weighted by Crippen LogP contribution is 2.29. The molecular weight excluding hydrogens is 268 g/mol. The third-order valence-corrected chi connectivity index (χ3v) is 4.58. The van der Waals surface area contributed by atoms with Crippen molar-refractivity contribution in [1.82, 2.24) is 4.90 Å². The molecule has 1 atom stereocenters. The van der Waals surface area contributed by atoms with Crippen molar-refractivity contribution in [2.45, 2.75) is 5.37 Å². The van der Waals surface area contributed by atoms with Crippen LogP contribution in [0.4, 0.5) is 0 Å². The summed E-state index contributed by atoms with van der Waals surface area (Å²) >= 11 is 5.92. The molecule has 0 bridgehead atoms. The molecule has 6 heteroatoms. The van der Waals surface area contributed by atoms with Crippen LogP contribution in [-0.4, -0.2) is 39.4 Å². The highest BCUT2D eigenvalue weighted by molar-refractivity contribution is 8.15. The van der Waals surface area contributed by atoms with Crippen molar-refractivity contribution in [3.63, 3.8) is 0 Å². The molecule has 0 aliphatic carbocycles. The Morgan fingerprint density at radius 1 is 1.22 bits per heavy atom. The van der Waals surface area contributed by atoms with Crippen LogP contribution in [0, 0.1) is 0 Å². The minimum atomic E-state index is -0.565. The third-order valence-electron chi connectivity index (χ3n) is 2.90. The van der Waals surface area contributed by atoms with Gasteiger partial charge in [0.25, 0.3) is 11.8 Å². The highest BCUT2D eigenvalue weighted by atomic mass is 32.2. The van der Waals surface area contributed by atoms with Crippen LogP contribution >= 0.6 is 24.4 Å². The molecule has 0 N–H and O–H groups in total. The summed E-state index contributed by atoms with van der Waals surface area (Å²) in [6, 6.07) is 6.84. The number of carbonyl (C=O) groups excluding carboxylic acids is 2. The predicted octanol–water partition coefficient (Wildman–Crippen LogP) is 1.68. The number of fused-ring (bicyclic) bond motifs is 1. The van der Waals surface area contributed by atoms with Crippen LogP contribution in [0.25, 0.3) is 0 Å². The number of hydrogen-bond acceptors (Lipinski definition) is 5. The maximum absolute atomic E-state index is 12.2. The number of imide groups is 1. The van der Waals surface area contributed by atoms with Gasteiger partial charge in [0.2, 0.25) is 0 Å². The monoisotopic (exact) mass is 278 g/mol. The Bertz CT molecular complexity index is 536. The number of nitrogens with zero attached hydrogens (tertiary/aromatic N) is 2. The quantitative estimate of drug-likeness (QED) is 0.661. The molecule has 92 valence electrons. The van der Waals surface area contributed by atoms with Crippen molar-refractivity contribution < 1.29 is 9.59 Å². The summed E-state index contributed by atoms with van der Waals surface area (Å²) in [5.74, 6) is 0.312. The van der Waals surface area contributed by atoms with Gasteiger partial charge in [-0.25, -0.2) is 0 Å². The summed E-state index contributed by atoms with van der Waals surface area (Å²) in [4.78, 5) is 29.8. The second-order valence-electron chi connectivity index (χ2n) is 3.97. The Morgan fingerprint density at radius 2 is 1.83 bits per heavy atom. The van der Waals surface area contributed by atoms with Crippen LogP contribution < -0.4 is 0 Å². The van der Waals surface area contributed by atoms with Gasteiger partial charge in [-0.2, -0.15) is 0 Å². The van der Waals surface area contributed by atoms with Crippen molar-refractivity contribution in [1.29, 1.82) is 0 Å². The van der Waals surface area contributed by atoms with E-state index in [1.807, 2.05) is 0 Å². The van der Waals surface area contributed by atoms with E-state index >= 15 is 0 Å². The number of aliphatic imine (C=N–C) groups is 1. The van der Waals surface area contributed by atoms with Crippen LogP contribution in [0.1, 0.15) is 20.7 Å². The van der Waals surface area contributed by atoms with Crippen molar-refractivity contribution in [3.8, 4) is 0 Å². The lowest BCUT2D eigenvalue weighted by atomic mass is 10.1. The van der Waals surface area contributed by atoms with E-state index in [1.165, 1.54) is 4.90 Å². The minimum Gasteiger partial charge on any atom is -0.279 e. The molecule has 1 aromatic rings. The number of benzene rings is 1. The molecule has 0 aromatic heterocycles. The molecule has 3 rings (SSSR count). The number of amides is 2. The largest absolute Gasteiger partial charge is 0.279 e. The fraction of sp³-hybridized carbons (Fsp3) is 0.250. The molecule has 2 aliphatic heterocycles. The Kier molecular flexibility index (Phi) is 2.91. The minimum absolute atomic E-state index is 0.286. The summed E-state index contributed by atoms with van der Waals surface area (Å²) in [7, 11) is 0. The second kappa shape index (κ2) is 4.44. The van der Waals surface area contributed by atoms with Gasteiger partial charge in [-0.15, -0.1) is 24.4 Å². The van der Waals surface area contributed by atoms with Gasteiger partial charge < -0.3 is 0 Å². The summed E-state index contributed by atoms with van der Waals surface area (Å²) in [5.41, 5.74) is 0.898. The lowest BCUT2D eigenvalue weighted by Crippen LogP contribution is -2.40. The van der Waals surface area contributed by atoms with Gasteiger partial charge in [0.15, 0.2) is 0 Å². The number of rotatable bonds is 2. The van der Waals surface area contributed by atoms with E-state index in [0.717, 1.165) is 17.3 Å². The number of hydrogen-bond donors (Lipinski definition) is 1. The molecule has 1 aromatic carbocycles. The van der Waals surface area contributed by atoms with E-state index in [4.69, 9.17) is 0 Å². The van der Waals surface area contributed by atoms with Crippen LogP contribution in [0.3, 0.4) is 0 Å². The highest BCUT2D eigenvalue weighted by Gasteiger charge is 2.40. The molecular formula is C12H10N2O2S2. The normalized spacial score (nSPS) is 20.1. The Balaban J connectivity index is 1.96. The van der Waals surface area contributed by atoms with Gasteiger partial charge >= 0.3 is 0 Å². The predicted molar refractivity (Wildman–Crippen MR) is 74.5 cm³/mol. The average Bonchev–Trinajstić information content (AvgIpc) is 2.99. The van der Waals surface area contributed by atoms with E-state index in [9.17, 15) is 9.59 Å². The molecule has 1 unspecified atom stereocenters. The molecule has 0 saturated heterocycles. The number of thiol groups is 1. The van der Waals surface area contributed by atoms with Gasteiger partial charge in [-0.05, 0) is 12.1 Å². The molecule has 0 radical (unpaired) electrons. The summed E-state index contributed by atoms with van der Waals surface area (Å²) in [6.07, 6.45) is 0. The zero-order valence-corrected chi connectivity index (χ0v) is 11.1. The molecule has 4 nitrogen and oxygen atoms in total. The van der Waals surface area contributed by atoms with Crippen molar-refractivity contribution in [2.24, 2.45) is 4.99 Å². The molecule has 0 saturated carbocycles. The maximum Gasteiger partial charge on any atom is 0.262 e. The first-order chi connectivity index (χ1) is 8.70. The Morgan fingerprint density at radius 3 is 2.33 bits per heavy atom. The topological polar surface area (TPSA) is 49.7 Å². The molecule has 2 amide bonds. The SMILES string of the molecule is O=C1c2ccccc2C(=O)N1C(S)C1=NCCS1. The Labute approximate surface area is 114 Å². The molecule has 2 aliphatic rings. The zero-order valence-electron chi connectivity index (χ0n) is 9.37. The number of carbonyl (C=O) groups is 2. The van der Waals surface area contributed by atoms with Gasteiger partial charge in [0.05, 0.1) is 11.1 Å². The fourth-order valence-corrected chi connectivity index (χ4v) is 3.39. The van der Waals surface area contributed by atoms with Gasteiger partial charge in [-0.3, -0.25) is 19.5 Å². The van der Waals surface area contributed by atoms with E-state index in [-0.39, 0.29) is 11.8 Å². The average molecular weight is 278 g/mol. The van der Waals surface area contributed by atoms with Crippen molar-refractivity contribution in [2.75, 3.05) is 12.3 Å². The lowest BCUT2D eigenvalue weighted by Gasteiger charge is -2.20. The van der Waals surface area contributed by atoms with E-state index < -0.39 is 5.37 Å². The van der Waals surface area contributed by atoms with Crippen LogP contribution in [-0.2, 0) is 0 Å². The first-order valence-electron chi connectivity index (χ1n) is 5.52. The van der Waals surface area contributed by atoms with E-state index in [1.54, 1.807) is 36.0 Å². The molecule has 0 fully saturated rings. The van der Waals surface area contributed by atoms with Gasteiger partial charge in [0, 0.05) is 12.3 Å². The number of thioether (sulfide) groups is 1. The molecule has 2 heterocycles. The zero-order chi connectivity index (χ0) is 12.7. The summed E-state index contributed by atoms with van der Waals surface area (Å²) in [5, 5.41) is 0.178. The summed E-state index contributed by atoms with van der Waals surface area (Å²) in [6.45, 7) is 0.722. The van der Waals surface area contributed by atoms with Crippen LogP contribution in [0.2, 0.25) is 0 Å². The maximum atomic E-state index is 12.2. The lowest BCUT2D eigenvalue weighted by molar-refractivity contribution is 0.0666. The second-order valence-corrected chi connectivity index (χ2v) is 5.57. The summed E-state index contributed by atoms with van der Waals surface area (Å²) < 4.78 is 0. The van der Waals surface area contributed by atoms with Crippen molar-refractivity contribution in [3.05, 3.63) is 35.4 Å². The van der Waals surface area contributed by atoms with E-state index in [2.05, 4.69) is 17.6 Å². The molecule has 18 heavy (non-hydrogen) atoms. The standard InChI is InChI=1S/C12H10N2O2S2/c15-10-7-3-1-2-4-8(7)11(16)14(10)12(17)9-13-5-6-18-9/h1-4,12,17H,5-6H2.